The van der Waals surface area contributed by atoms with Crippen LogP contribution in [0.5, 0.6) is 0 Å². The van der Waals surface area contributed by atoms with Crippen molar-refractivity contribution in [3.8, 4) is 0 Å². The Morgan fingerprint density at radius 3 is 2.68 bits per heavy atom. The van der Waals surface area contributed by atoms with Gasteiger partial charge in [-0.3, -0.25) is 9.59 Å². The van der Waals surface area contributed by atoms with E-state index in [9.17, 15) is 14.4 Å². The van der Waals surface area contributed by atoms with E-state index in [1.165, 1.54) is 6.07 Å². The summed E-state index contributed by atoms with van der Waals surface area (Å²) in [6.07, 6.45) is -0.241. The van der Waals surface area contributed by atoms with Gasteiger partial charge in [0.1, 0.15) is 11.6 Å². The van der Waals surface area contributed by atoms with Crippen molar-refractivity contribution in [2.75, 3.05) is 0 Å². The number of nitrogens with two attached hydrogens (primary N) is 1. The summed E-state index contributed by atoms with van der Waals surface area (Å²) < 4.78 is 5.34. The van der Waals surface area contributed by atoms with Crippen molar-refractivity contribution in [1.82, 2.24) is 5.32 Å². The van der Waals surface area contributed by atoms with Crippen molar-refractivity contribution in [2.45, 2.75) is 18.9 Å². The number of carbonyl (C=O) groups excluding carboxylic acids is 2. The highest BCUT2D eigenvalue weighted by Gasteiger charge is 2.23. The molecule has 0 aliphatic rings. The normalized spacial score (nSPS) is 12.0. The first-order chi connectivity index (χ1) is 10.4. The highest BCUT2D eigenvalue weighted by molar-refractivity contribution is 6.31. The van der Waals surface area contributed by atoms with Crippen LogP contribution >= 0.6 is 11.6 Å². The van der Waals surface area contributed by atoms with E-state index in [0.717, 1.165) is 0 Å². The molecular formula is C14H13ClN2O5. The number of aliphatic carboxylic acids is 1. The Bertz CT molecular complexity index is 740. The number of rotatable bonds is 6. The monoisotopic (exact) mass is 324 g/mol. The average molecular weight is 325 g/mol. The SMILES string of the molecule is NC(=O)CC[C@H](NC(=O)c1cc2cc(Cl)ccc2o1)C(=O)O. The van der Waals surface area contributed by atoms with Crippen LogP contribution in [0, 0.1) is 0 Å². The molecule has 0 aliphatic carbocycles. The fourth-order valence-electron chi connectivity index (χ4n) is 1.90. The topological polar surface area (TPSA) is 123 Å². The van der Waals surface area contributed by atoms with Gasteiger partial charge in [0.25, 0.3) is 5.91 Å². The first-order valence-corrected chi connectivity index (χ1v) is 6.75. The molecule has 2 amide bonds. The van der Waals surface area contributed by atoms with Crippen LogP contribution in [0.4, 0.5) is 0 Å². The predicted molar refractivity (Wildman–Crippen MR) is 78.5 cm³/mol. The summed E-state index contributed by atoms with van der Waals surface area (Å²) >= 11 is 5.84. The molecule has 4 N–H and O–H groups in total. The van der Waals surface area contributed by atoms with Gasteiger partial charge in [-0.25, -0.2) is 4.79 Å². The summed E-state index contributed by atoms with van der Waals surface area (Å²) in [4.78, 5) is 33.8. The molecule has 0 aliphatic heterocycles. The first kappa shape index (κ1) is 15.8. The summed E-state index contributed by atoms with van der Waals surface area (Å²) in [7, 11) is 0. The number of amides is 2. The van der Waals surface area contributed by atoms with Crippen LogP contribution in [0.2, 0.25) is 5.02 Å². The number of hydrogen-bond donors (Lipinski definition) is 3. The lowest BCUT2D eigenvalue weighted by Crippen LogP contribution is -2.41. The molecule has 0 radical (unpaired) electrons. The third kappa shape index (κ3) is 3.76. The van der Waals surface area contributed by atoms with Crippen molar-refractivity contribution in [3.63, 3.8) is 0 Å². The summed E-state index contributed by atoms with van der Waals surface area (Å²) in [5, 5.41) is 12.5. The second kappa shape index (κ2) is 6.48. The number of benzene rings is 1. The van der Waals surface area contributed by atoms with E-state index >= 15 is 0 Å². The Morgan fingerprint density at radius 2 is 2.05 bits per heavy atom. The number of carboxylic acids is 1. The number of primary amides is 1. The fraction of sp³-hybridized carbons (Fsp3) is 0.214. The van der Waals surface area contributed by atoms with E-state index in [0.29, 0.717) is 16.0 Å². The van der Waals surface area contributed by atoms with E-state index in [4.69, 9.17) is 26.9 Å². The minimum atomic E-state index is -1.26. The summed E-state index contributed by atoms with van der Waals surface area (Å²) in [5.41, 5.74) is 5.43. The maximum Gasteiger partial charge on any atom is 0.326 e. The van der Waals surface area contributed by atoms with Crippen LogP contribution in [0.15, 0.2) is 28.7 Å². The standard InChI is InChI=1S/C14H13ClN2O5/c15-8-1-3-10-7(5-8)6-11(22-10)13(19)17-9(14(20)21)2-4-12(16)18/h1,3,5-6,9H,2,4H2,(H2,16,18)(H,17,19)(H,20,21)/t9-/m0/s1. The van der Waals surface area contributed by atoms with Gasteiger partial charge in [0.15, 0.2) is 5.76 Å². The summed E-state index contributed by atoms with van der Waals surface area (Å²) in [6.45, 7) is 0. The second-order valence-electron chi connectivity index (χ2n) is 4.66. The van der Waals surface area contributed by atoms with E-state index in [2.05, 4.69) is 5.32 Å². The smallest absolute Gasteiger partial charge is 0.326 e. The molecule has 8 heteroatoms. The molecule has 0 saturated heterocycles. The molecule has 0 unspecified atom stereocenters. The van der Waals surface area contributed by atoms with Crippen molar-refractivity contribution < 1.29 is 23.9 Å². The maximum absolute atomic E-state index is 12.0. The van der Waals surface area contributed by atoms with Gasteiger partial charge in [0, 0.05) is 16.8 Å². The van der Waals surface area contributed by atoms with Gasteiger partial charge in [-0.2, -0.15) is 0 Å². The second-order valence-corrected chi connectivity index (χ2v) is 5.10. The van der Waals surface area contributed by atoms with Crippen LogP contribution in [0.1, 0.15) is 23.4 Å². The largest absolute Gasteiger partial charge is 0.480 e. The molecule has 7 nitrogen and oxygen atoms in total. The number of carbonyl (C=O) groups is 3. The maximum atomic E-state index is 12.0. The van der Waals surface area contributed by atoms with Gasteiger partial charge in [0.2, 0.25) is 5.91 Å². The summed E-state index contributed by atoms with van der Waals surface area (Å²) in [5.74, 6) is -2.63. The lowest BCUT2D eigenvalue weighted by atomic mass is 10.1. The predicted octanol–water partition coefficient (Wildman–Crippen LogP) is 1.53. The zero-order valence-electron chi connectivity index (χ0n) is 11.3. The molecule has 1 aromatic heterocycles. The molecule has 2 rings (SSSR count). The lowest BCUT2D eigenvalue weighted by Gasteiger charge is -2.12. The zero-order valence-corrected chi connectivity index (χ0v) is 12.1. The van der Waals surface area contributed by atoms with Gasteiger partial charge < -0.3 is 20.6 Å². The molecule has 1 atom stereocenters. The third-order valence-corrected chi connectivity index (χ3v) is 3.22. The van der Waals surface area contributed by atoms with E-state index in [1.54, 1.807) is 18.2 Å². The van der Waals surface area contributed by atoms with E-state index < -0.39 is 23.8 Å². The van der Waals surface area contributed by atoms with E-state index in [1.807, 2.05) is 0 Å². The Balaban J connectivity index is 2.14. The Morgan fingerprint density at radius 1 is 1.32 bits per heavy atom. The van der Waals surface area contributed by atoms with Crippen molar-refractivity contribution in [1.29, 1.82) is 0 Å². The van der Waals surface area contributed by atoms with E-state index in [-0.39, 0.29) is 18.6 Å². The summed E-state index contributed by atoms with van der Waals surface area (Å²) in [6, 6.07) is 5.08. The van der Waals surface area contributed by atoms with Crippen LogP contribution < -0.4 is 11.1 Å². The molecule has 0 fully saturated rings. The van der Waals surface area contributed by atoms with Gasteiger partial charge in [-0.15, -0.1) is 0 Å². The number of hydrogen-bond acceptors (Lipinski definition) is 4. The Kier molecular flexibility index (Phi) is 4.67. The fourth-order valence-corrected chi connectivity index (χ4v) is 2.08. The molecule has 22 heavy (non-hydrogen) atoms. The zero-order chi connectivity index (χ0) is 16.3. The first-order valence-electron chi connectivity index (χ1n) is 6.38. The number of halogens is 1. The molecule has 0 saturated carbocycles. The minimum absolute atomic E-state index is 0.0393. The van der Waals surface area contributed by atoms with Crippen molar-refractivity contribution in [2.24, 2.45) is 5.73 Å². The molecular weight excluding hydrogens is 312 g/mol. The minimum Gasteiger partial charge on any atom is -0.480 e. The molecule has 0 spiro atoms. The van der Waals surface area contributed by atoms with Gasteiger partial charge in [-0.05, 0) is 30.7 Å². The van der Waals surface area contributed by atoms with Crippen LogP contribution in [0.25, 0.3) is 11.0 Å². The molecule has 1 aromatic carbocycles. The molecule has 2 aromatic rings. The van der Waals surface area contributed by atoms with Crippen LogP contribution in [-0.4, -0.2) is 28.9 Å². The molecule has 0 bridgehead atoms. The number of nitrogens with one attached hydrogen (secondary N) is 1. The Hall–Kier alpha value is -2.54. The molecule has 116 valence electrons. The number of carboxylic acid groups (broad SMARTS) is 1. The molecule has 1 heterocycles. The number of furan rings is 1. The van der Waals surface area contributed by atoms with Crippen molar-refractivity contribution in [3.05, 3.63) is 35.0 Å². The van der Waals surface area contributed by atoms with Gasteiger partial charge in [-0.1, -0.05) is 11.6 Å². The highest BCUT2D eigenvalue weighted by atomic mass is 35.5. The number of fused-ring (bicyclic) bond motifs is 1. The van der Waals surface area contributed by atoms with Crippen molar-refractivity contribution >= 4 is 40.4 Å². The van der Waals surface area contributed by atoms with Gasteiger partial charge in [0.05, 0.1) is 0 Å². The quantitative estimate of drug-likeness (QED) is 0.743. The van der Waals surface area contributed by atoms with Crippen LogP contribution in [0.3, 0.4) is 0 Å². The lowest BCUT2D eigenvalue weighted by molar-refractivity contribution is -0.139. The third-order valence-electron chi connectivity index (χ3n) is 2.98. The van der Waals surface area contributed by atoms with Gasteiger partial charge >= 0.3 is 5.97 Å². The average Bonchev–Trinajstić information content (AvgIpc) is 2.85. The Labute approximate surface area is 130 Å². The highest BCUT2D eigenvalue weighted by Crippen LogP contribution is 2.23. The van der Waals surface area contributed by atoms with Crippen LogP contribution in [-0.2, 0) is 9.59 Å².